The van der Waals surface area contributed by atoms with Gasteiger partial charge < -0.3 is 10.5 Å². The number of aryl methyl sites for hydroxylation is 2. The quantitative estimate of drug-likeness (QED) is 0.667. The van der Waals surface area contributed by atoms with E-state index >= 15 is 0 Å². The summed E-state index contributed by atoms with van der Waals surface area (Å²) in [4.78, 5) is 24.0. The van der Waals surface area contributed by atoms with E-state index in [-0.39, 0.29) is 5.56 Å². The first kappa shape index (κ1) is 19.4. The molecule has 28 heavy (non-hydrogen) atoms. The lowest BCUT2D eigenvalue weighted by atomic mass is 10.1. The lowest BCUT2D eigenvalue weighted by molar-refractivity contribution is -0.125. The number of esters is 1. The second kappa shape index (κ2) is 8.08. The van der Waals surface area contributed by atoms with E-state index in [0.29, 0.717) is 5.69 Å². The van der Waals surface area contributed by atoms with E-state index in [1.54, 1.807) is 10.9 Å². The van der Waals surface area contributed by atoms with Crippen LogP contribution < -0.4 is 5.73 Å². The molecule has 0 saturated carbocycles. The van der Waals surface area contributed by atoms with Gasteiger partial charge in [0.25, 0.3) is 5.91 Å². The van der Waals surface area contributed by atoms with Crippen LogP contribution >= 0.6 is 0 Å². The molecule has 6 heteroatoms. The Kier molecular flexibility index (Phi) is 5.59. The number of carbonyl (C=O) groups excluding carboxylic acids is 2. The van der Waals surface area contributed by atoms with E-state index in [1.165, 1.54) is 12.5 Å². The Hall–Kier alpha value is -3.41. The maximum atomic E-state index is 12.7. The molecule has 1 heterocycles. The summed E-state index contributed by atoms with van der Waals surface area (Å²) >= 11 is 0. The number of ether oxygens (including phenoxy) is 1. The van der Waals surface area contributed by atoms with Crippen molar-refractivity contribution in [1.82, 2.24) is 9.78 Å². The molecule has 2 N–H and O–H groups in total. The first-order valence-corrected chi connectivity index (χ1v) is 9.16. The SMILES string of the molecule is CCc1ccc(-c2nn(-c3ccccc3C)cc2C(=O)O[C@@H](C)C(N)=O)cc1. The van der Waals surface area contributed by atoms with Crippen molar-refractivity contribution in [2.45, 2.75) is 33.3 Å². The number of nitrogens with zero attached hydrogens (tertiary/aromatic N) is 2. The first-order chi connectivity index (χ1) is 13.4. The Bertz CT molecular complexity index is 1010. The van der Waals surface area contributed by atoms with Crippen molar-refractivity contribution < 1.29 is 14.3 Å². The summed E-state index contributed by atoms with van der Waals surface area (Å²) in [6, 6.07) is 15.6. The summed E-state index contributed by atoms with van der Waals surface area (Å²) in [6.45, 7) is 5.50. The summed E-state index contributed by atoms with van der Waals surface area (Å²) in [5, 5.41) is 4.64. The van der Waals surface area contributed by atoms with Gasteiger partial charge in [0.05, 0.1) is 5.69 Å². The Morgan fingerprint density at radius 1 is 1.14 bits per heavy atom. The molecule has 3 aromatic rings. The molecule has 0 fully saturated rings. The van der Waals surface area contributed by atoms with Crippen molar-refractivity contribution in [1.29, 1.82) is 0 Å². The topological polar surface area (TPSA) is 87.2 Å². The maximum Gasteiger partial charge on any atom is 0.342 e. The molecule has 1 aromatic heterocycles. The van der Waals surface area contributed by atoms with Crippen LogP contribution in [0.4, 0.5) is 0 Å². The van der Waals surface area contributed by atoms with Crippen LogP contribution in [0, 0.1) is 6.92 Å². The second-order valence-electron chi connectivity index (χ2n) is 6.62. The molecule has 6 nitrogen and oxygen atoms in total. The highest BCUT2D eigenvalue weighted by Gasteiger charge is 2.23. The Morgan fingerprint density at radius 3 is 2.43 bits per heavy atom. The van der Waals surface area contributed by atoms with Crippen molar-refractivity contribution in [2.75, 3.05) is 0 Å². The van der Waals surface area contributed by atoms with Crippen LogP contribution in [0.15, 0.2) is 54.7 Å². The highest BCUT2D eigenvalue weighted by atomic mass is 16.5. The van der Waals surface area contributed by atoms with E-state index in [1.807, 2.05) is 55.5 Å². The molecule has 0 radical (unpaired) electrons. The largest absolute Gasteiger partial charge is 0.449 e. The van der Waals surface area contributed by atoms with Crippen molar-refractivity contribution in [3.8, 4) is 16.9 Å². The van der Waals surface area contributed by atoms with Gasteiger partial charge in [-0.15, -0.1) is 0 Å². The van der Waals surface area contributed by atoms with Crippen LogP contribution in [0.25, 0.3) is 16.9 Å². The molecular weight excluding hydrogens is 354 g/mol. The van der Waals surface area contributed by atoms with Crippen molar-refractivity contribution in [3.63, 3.8) is 0 Å². The van der Waals surface area contributed by atoms with Crippen molar-refractivity contribution >= 4 is 11.9 Å². The number of benzene rings is 2. The Labute approximate surface area is 163 Å². The Morgan fingerprint density at radius 2 is 1.82 bits per heavy atom. The van der Waals surface area contributed by atoms with E-state index in [9.17, 15) is 9.59 Å². The molecular formula is C22H23N3O3. The summed E-state index contributed by atoms with van der Waals surface area (Å²) in [7, 11) is 0. The van der Waals surface area contributed by atoms with Crippen molar-refractivity contribution in [3.05, 3.63) is 71.4 Å². The van der Waals surface area contributed by atoms with Crippen LogP contribution in [0.5, 0.6) is 0 Å². The van der Waals surface area contributed by atoms with Gasteiger partial charge in [-0.3, -0.25) is 4.79 Å². The zero-order chi connectivity index (χ0) is 20.3. The molecule has 2 aromatic carbocycles. The third-order valence-corrected chi connectivity index (χ3v) is 4.62. The molecule has 0 unspecified atom stereocenters. The minimum absolute atomic E-state index is 0.278. The van der Waals surface area contributed by atoms with Gasteiger partial charge >= 0.3 is 5.97 Å². The standard InChI is InChI=1S/C22H23N3O3/c1-4-16-9-11-17(12-10-16)20-18(22(27)28-15(3)21(23)26)13-25(24-20)19-8-6-5-7-14(19)2/h5-13,15H,4H2,1-3H3,(H2,23,26)/t15-/m0/s1. The minimum Gasteiger partial charge on any atom is -0.449 e. The number of para-hydroxylation sites is 1. The van der Waals surface area contributed by atoms with Gasteiger partial charge in [-0.1, -0.05) is 49.4 Å². The fraction of sp³-hybridized carbons (Fsp3) is 0.227. The van der Waals surface area contributed by atoms with Gasteiger partial charge in [0.15, 0.2) is 6.10 Å². The normalized spacial score (nSPS) is 11.8. The highest BCUT2D eigenvalue weighted by Crippen LogP contribution is 2.26. The first-order valence-electron chi connectivity index (χ1n) is 9.16. The summed E-state index contributed by atoms with van der Waals surface area (Å²) in [5.41, 5.74) is 9.85. The predicted molar refractivity (Wildman–Crippen MR) is 107 cm³/mol. The molecule has 0 bridgehead atoms. The molecule has 0 aliphatic carbocycles. The third-order valence-electron chi connectivity index (χ3n) is 4.62. The fourth-order valence-electron chi connectivity index (χ4n) is 2.86. The molecule has 1 atom stereocenters. The molecule has 0 aliphatic rings. The van der Waals surface area contributed by atoms with Gasteiger partial charge in [-0.2, -0.15) is 5.10 Å². The number of amides is 1. The highest BCUT2D eigenvalue weighted by molar-refractivity contribution is 5.97. The smallest absolute Gasteiger partial charge is 0.342 e. The number of hydrogen-bond donors (Lipinski definition) is 1. The molecule has 1 amide bonds. The monoisotopic (exact) mass is 377 g/mol. The second-order valence-corrected chi connectivity index (χ2v) is 6.62. The van der Waals surface area contributed by atoms with Gasteiger partial charge in [-0.05, 0) is 37.5 Å². The van der Waals surface area contributed by atoms with E-state index in [2.05, 4.69) is 12.0 Å². The average molecular weight is 377 g/mol. The number of primary amides is 1. The van der Waals surface area contributed by atoms with Crippen LogP contribution in [0.3, 0.4) is 0 Å². The predicted octanol–water partition coefficient (Wildman–Crippen LogP) is 3.44. The third kappa shape index (κ3) is 3.96. The van der Waals surface area contributed by atoms with Crippen LogP contribution in [0.2, 0.25) is 0 Å². The van der Waals surface area contributed by atoms with Crippen LogP contribution in [-0.4, -0.2) is 27.8 Å². The number of hydrogen-bond acceptors (Lipinski definition) is 4. The van der Waals surface area contributed by atoms with Crippen LogP contribution in [-0.2, 0) is 16.0 Å². The number of aromatic nitrogens is 2. The number of nitrogens with two attached hydrogens (primary N) is 1. The number of carbonyl (C=O) groups is 2. The van der Waals surface area contributed by atoms with Gasteiger partial charge in [-0.25, -0.2) is 9.48 Å². The lowest BCUT2D eigenvalue weighted by Crippen LogP contribution is -2.30. The molecule has 0 saturated heterocycles. The van der Waals surface area contributed by atoms with Gasteiger partial charge in [0.2, 0.25) is 0 Å². The van der Waals surface area contributed by atoms with E-state index in [4.69, 9.17) is 10.5 Å². The fourth-order valence-corrected chi connectivity index (χ4v) is 2.86. The average Bonchev–Trinajstić information content (AvgIpc) is 3.13. The molecule has 0 aliphatic heterocycles. The Balaban J connectivity index is 2.08. The zero-order valence-electron chi connectivity index (χ0n) is 16.2. The van der Waals surface area contributed by atoms with E-state index < -0.39 is 18.0 Å². The van der Waals surface area contributed by atoms with Gasteiger partial charge in [0, 0.05) is 11.8 Å². The summed E-state index contributed by atoms with van der Waals surface area (Å²) in [6.07, 6.45) is 1.52. The zero-order valence-corrected chi connectivity index (χ0v) is 16.2. The van der Waals surface area contributed by atoms with Crippen LogP contribution in [0.1, 0.15) is 35.3 Å². The molecule has 3 rings (SSSR count). The van der Waals surface area contributed by atoms with Gasteiger partial charge in [0.1, 0.15) is 11.3 Å². The number of rotatable bonds is 6. The molecule has 144 valence electrons. The van der Waals surface area contributed by atoms with E-state index in [0.717, 1.165) is 23.2 Å². The lowest BCUT2D eigenvalue weighted by Gasteiger charge is -2.09. The summed E-state index contributed by atoms with van der Waals surface area (Å²) in [5.74, 6) is -1.34. The maximum absolute atomic E-state index is 12.7. The summed E-state index contributed by atoms with van der Waals surface area (Å²) < 4.78 is 6.87. The molecule has 0 spiro atoms. The van der Waals surface area contributed by atoms with Crippen molar-refractivity contribution in [2.24, 2.45) is 5.73 Å². The minimum atomic E-state index is -1.02.